The summed E-state index contributed by atoms with van der Waals surface area (Å²) in [5.41, 5.74) is 6.16. The van der Waals surface area contributed by atoms with Crippen LogP contribution in [0.5, 0.6) is 0 Å². The van der Waals surface area contributed by atoms with Gasteiger partial charge in [0.1, 0.15) is 5.69 Å². The number of amides is 1. The van der Waals surface area contributed by atoms with Crippen LogP contribution in [-0.2, 0) is 6.54 Å². The van der Waals surface area contributed by atoms with Gasteiger partial charge in [0.05, 0.1) is 12.4 Å². The number of carboxylic acids is 1. The molecule has 3 heterocycles. The van der Waals surface area contributed by atoms with Crippen LogP contribution in [-0.4, -0.2) is 75.5 Å². The number of hydrogen-bond donors (Lipinski definition) is 4. The first-order valence-electron chi connectivity index (χ1n) is 13.7. The summed E-state index contributed by atoms with van der Waals surface area (Å²) in [4.78, 5) is 28.2. The van der Waals surface area contributed by atoms with Gasteiger partial charge in [-0.05, 0) is 35.9 Å². The number of H-pyrrole nitrogens is 2. The average Bonchev–Trinajstić information content (AvgIpc) is 3.73. The van der Waals surface area contributed by atoms with E-state index in [9.17, 15) is 9.59 Å². The van der Waals surface area contributed by atoms with Crippen molar-refractivity contribution >= 4 is 17.6 Å². The number of aromatic amines is 2. The van der Waals surface area contributed by atoms with Gasteiger partial charge in [-0.3, -0.25) is 15.0 Å². The predicted molar refractivity (Wildman–Crippen MR) is 162 cm³/mol. The van der Waals surface area contributed by atoms with Crippen LogP contribution in [0.3, 0.4) is 0 Å². The minimum absolute atomic E-state index is 0.121. The van der Waals surface area contributed by atoms with E-state index >= 15 is 0 Å². The Morgan fingerprint density at radius 2 is 1.29 bits per heavy atom. The van der Waals surface area contributed by atoms with Gasteiger partial charge in [0.2, 0.25) is 0 Å². The molecule has 2 aromatic heterocycles. The second kappa shape index (κ2) is 13.4. The number of carboxylic acid groups (broad SMARTS) is 1. The number of aromatic carboxylic acids is 1. The lowest BCUT2D eigenvalue weighted by molar-refractivity contribution is 0.0691. The third-order valence-corrected chi connectivity index (χ3v) is 7.15. The molecule has 10 nitrogen and oxygen atoms in total. The second-order valence-electron chi connectivity index (χ2n) is 9.99. The molecule has 0 spiro atoms. The molecule has 5 aromatic rings. The molecule has 1 amide bonds. The number of rotatable bonds is 7. The number of aromatic nitrogens is 4. The van der Waals surface area contributed by atoms with Crippen LogP contribution in [0.4, 0.5) is 5.69 Å². The zero-order valence-electron chi connectivity index (χ0n) is 23.3. The van der Waals surface area contributed by atoms with Crippen molar-refractivity contribution in [1.82, 2.24) is 30.6 Å². The Hall–Kier alpha value is -5.22. The molecular weight excluding hydrogens is 530 g/mol. The van der Waals surface area contributed by atoms with Gasteiger partial charge in [-0.15, -0.1) is 0 Å². The standard InChI is InChI=1S/C22H25N5O.C10H8N2O2/c1-26-11-13-27(14-12-26)19-9-7-17(8-10-19)15-23-22(28)21-20(16-24-25-21)18-5-3-2-4-6-18;13-10(14)9-8(6-11-12-9)7-4-2-1-3-5-7/h2-10,16H,11-15H2,1H3,(H,23,28)(H,24,25);1-6H,(H,11,12)(H,13,14). The molecule has 6 rings (SSSR count). The molecule has 0 atom stereocenters. The first-order valence-corrected chi connectivity index (χ1v) is 13.7. The first kappa shape index (κ1) is 28.3. The highest BCUT2D eigenvalue weighted by molar-refractivity contribution is 5.98. The molecule has 42 heavy (non-hydrogen) atoms. The summed E-state index contributed by atoms with van der Waals surface area (Å²) in [6.45, 7) is 4.76. The maximum Gasteiger partial charge on any atom is 0.354 e. The van der Waals surface area contributed by atoms with E-state index in [1.807, 2.05) is 60.7 Å². The monoisotopic (exact) mass is 563 g/mol. The van der Waals surface area contributed by atoms with Gasteiger partial charge >= 0.3 is 5.97 Å². The maximum atomic E-state index is 12.6. The van der Waals surface area contributed by atoms with Crippen LogP contribution in [0.15, 0.2) is 97.3 Å². The van der Waals surface area contributed by atoms with Crippen molar-refractivity contribution in [3.8, 4) is 22.3 Å². The lowest BCUT2D eigenvalue weighted by atomic mass is 10.1. The zero-order chi connectivity index (χ0) is 29.3. The van der Waals surface area contributed by atoms with E-state index in [2.05, 4.69) is 66.8 Å². The highest BCUT2D eigenvalue weighted by Crippen LogP contribution is 2.22. The van der Waals surface area contributed by atoms with Crippen molar-refractivity contribution in [2.75, 3.05) is 38.1 Å². The molecule has 1 aliphatic rings. The number of hydrogen-bond acceptors (Lipinski definition) is 6. The Kier molecular flexibility index (Phi) is 9.05. The van der Waals surface area contributed by atoms with Crippen LogP contribution in [0, 0.1) is 0 Å². The van der Waals surface area contributed by atoms with E-state index in [-0.39, 0.29) is 11.6 Å². The fourth-order valence-electron chi connectivity index (χ4n) is 4.74. The van der Waals surface area contributed by atoms with E-state index in [1.54, 1.807) is 6.20 Å². The van der Waals surface area contributed by atoms with Crippen molar-refractivity contribution in [1.29, 1.82) is 0 Å². The molecule has 0 radical (unpaired) electrons. The molecular formula is C32H33N7O3. The lowest BCUT2D eigenvalue weighted by Gasteiger charge is -2.34. The first-order chi connectivity index (χ1) is 20.5. The largest absolute Gasteiger partial charge is 0.477 e. The molecule has 1 fully saturated rings. The zero-order valence-corrected chi connectivity index (χ0v) is 23.3. The van der Waals surface area contributed by atoms with Crippen LogP contribution in [0.2, 0.25) is 0 Å². The fraction of sp³-hybridized carbons (Fsp3) is 0.188. The average molecular weight is 564 g/mol. The summed E-state index contributed by atoms with van der Waals surface area (Å²) in [7, 11) is 2.16. The highest BCUT2D eigenvalue weighted by atomic mass is 16.4. The van der Waals surface area contributed by atoms with E-state index < -0.39 is 5.97 Å². The number of carbonyl (C=O) groups is 2. The number of likely N-dealkylation sites (N-methyl/N-ethyl adjacent to an activating group) is 1. The molecule has 10 heteroatoms. The maximum absolute atomic E-state index is 12.6. The molecule has 1 aliphatic heterocycles. The number of nitrogens with one attached hydrogen (secondary N) is 3. The number of nitrogens with zero attached hydrogens (tertiary/aromatic N) is 4. The SMILES string of the molecule is CN1CCN(c2ccc(CNC(=O)c3[nH]ncc3-c3ccccc3)cc2)CC1.O=C(O)c1[nH]ncc1-c1ccccc1. The molecule has 0 bridgehead atoms. The summed E-state index contributed by atoms with van der Waals surface area (Å²) in [5.74, 6) is -1.15. The Bertz CT molecular complexity index is 1590. The van der Waals surface area contributed by atoms with Gasteiger partial charge < -0.3 is 20.2 Å². The number of carbonyl (C=O) groups excluding carboxylic acids is 1. The summed E-state index contributed by atoms with van der Waals surface area (Å²) in [6.07, 6.45) is 3.20. The van der Waals surface area contributed by atoms with E-state index in [0.29, 0.717) is 17.8 Å². The van der Waals surface area contributed by atoms with E-state index in [0.717, 1.165) is 48.4 Å². The molecule has 0 unspecified atom stereocenters. The smallest absolute Gasteiger partial charge is 0.354 e. The van der Waals surface area contributed by atoms with Crippen molar-refractivity contribution in [2.24, 2.45) is 0 Å². The Morgan fingerprint density at radius 3 is 1.83 bits per heavy atom. The Labute approximate surface area is 244 Å². The minimum Gasteiger partial charge on any atom is -0.477 e. The molecule has 214 valence electrons. The molecule has 3 aromatic carbocycles. The van der Waals surface area contributed by atoms with Crippen LogP contribution in [0.1, 0.15) is 26.5 Å². The van der Waals surface area contributed by atoms with Crippen molar-refractivity contribution in [3.05, 3.63) is 114 Å². The number of benzene rings is 3. The Morgan fingerprint density at radius 1 is 0.762 bits per heavy atom. The van der Waals surface area contributed by atoms with Crippen LogP contribution < -0.4 is 10.2 Å². The summed E-state index contributed by atoms with van der Waals surface area (Å²) in [6, 6.07) is 27.5. The van der Waals surface area contributed by atoms with Gasteiger partial charge in [-0.1, -0.05) is 72.8 Å². The molecule has 0 saturated carbocycles. The lowest BCUT2D eigenvalue weighted by Crippen LogP contribution is -2.44. The topological polar surface area (TPSA) is 130 Å². The molecule has 1 saturated heterocycles. The van der Waals surface area contributed by atoms with Crippen LogP contribution in [0.25, 0.3) is 22.3 Å². The third-order valence-electron chi connectivity index (χ3n) is 7.15. The fourth-order valence-corrected chi connectivity index (χ4v) is 4.74. The predicted octanol–water partition coefficient (Wildman–Crippen LogP) is 4.53. The molecule has 0 aliphatic carbocycles. The quantitative estimate of drug-likeness (QED) is 0.229. The van der Waals surface area contributed by atoms with E-state index in [4.69, 9.17) is 5.11 Å². The minimum atomic E-state index is -0.999. The van der Waals surface area contributed by atoms with Gasteiger partial charge in [0.15, 0.2) is 5.69 Å². The summed E-state index contributed by atoms with van der Waals surface area (Å²) >= 11 is 0. The van der Waals surface area contributed by atoms with Crippen LogP contribution >= 0.6 is 0 Å². The Balaban J connectivity index is 0.000000211. The normalized spacial score (nSPS) is 13.2. The molecule has 4 N–H and O–H groups in total. The van der Waals surface area contributed by atoms with Gasteiger partial charge in [-0.25, -0.2) is 4.79 Å². The van der Waals surface area contributed by atoms with Gasteiger partial charge in [0.25, 0.3) is 5.91 Å². The second-order valence-corrected chi connectivity index (χ2v) is 9.99. The van der Waals surface area contributed by atoms with Crippen molar-refractivity contribution in [3.63, 3.8) is 0 Å². The summed E-state index contributed by atoms with van der Waals surface area (Å²) < 4.78 is 0. The van der Waals surface area contributed by atoms with E-state index in [1.165, 1.54) is 11.9 Å². The number of anilines is 1. The summed E-state index contributed by atoms with van der Waals surface area (Å²) in [5, 5.41) is 24.9. The van der Waals surface area contributed by atoms with Gasteiger partial charge in [0, 0.05) is 49.5 Å². The van der Waals surface area contributed by atoms with Gasteiger partial charge in [-0.2, -0.15) is 10.2 Å². The highest BCUT2D eigenvalue weighted by Gasteiger charge is 2.16. The van der Waals surface area contributed by atoms with Crippen molar-refractivity contribution in [2.45, 2.75) is 6.54 Å². The number of piperazine rings is 1. The third kappa shape index (κ3) is 6.91. The van der Waals surface area contributed by atoms with Crippen molar-refractivity contribution < 1.29 is 14.7 Å².